The summed E-state index contributed by atoms with van der Waals surface area (Å²) in [5, 5.41) is 0. The van der Waals surface area contributed by atoms with Gasteiger partial charge in [-0.25, -0.2) is 0 Å². The van der Waals surface area contributed by atoms with E-state index in [9.17, 15) is 0 Å². The van der Waals surface area contributed by atoms with E-state index in [2.05, 4.69) is 11.8 Å². The maximum Gasteiger partial charge on any atom is 0.0622 e. The van der Waals surface area contributed by atoms with E-state index in [1.54, 1.807) is 7.11 Å². The van der Waals surface area contributed by atoms with Gasteiger partial charge in [0, 0.05) is 32.3 Å². The fourth-order valence-corrected chi connectivity index (χ4v) is 2.71. The molecule has 2 rings (SSSR count). The highest BCUT2D eigenvalue weighted by Crippen LogP contribution is 2.29. The van der Waals surface area contributed by atoms with Crippen LogP contribution in [-0.2, 0) is 9.47 Å². The molecule has 3 heteroatoms. The molecule has 0 aromatic rings. The summed E-state index contributed by atoms with van der Waals surface area (Å²) < 4.78 is 10.7. The zero-order valence-corrected chi connectivity index (χ0v) is 9.24. The molecule has 0 aromatic heterocycles. The van der Waals surface area contributed by atoms with Gasteiger partial charge in [-0.15, -0.1) is 0 Å². The number of methoxy groups -OCH3 is 1. The summed E-state index contributed by atoms with van der Waals surface area (Å²) >= 11 is 0. The van der Waals surface area contributed by atoms with Gasteiger partial charge in [-0.05, 0) is 18.8 Å². The smallest absolute Gasteiger partial charge is 0.0622 e. The molecular formula is C11H21NO2. The van der Waals surface area contributed by atoms with Crippen LogP contribution in [0.3, 0.4) is 0 Å². The number of morpholine rings is 1. The van der Waals surface area contributed by atoms with Crippen molar-refractivity contribution in [1.82, 2.24) is 4.90 Å². The van der Waals surface area contributed by atoms with Crippen molar-refractivity contribution >= 4 is 0 Å². The first-order valence-corrected chi connectivity index (χ1v) is 5.63. The standard InChI is InChI=1S/C11H21NO2/c1-9(6-13-2)5-12-10-3-4-11(12)8-14-7-10/h9-11H,3-8H2,1-2H3. The Balaban J connectivity index is 1.85. The molecule has 2 aliphatic heterocycles. The minimum Gasteiger partial charge on any atom is -0.384 e. The summed E-state index contributed by atoms with van der Waals surface area (Å²) in [5.41, 5.74) is 0. The van der Waals surface area contributed by atoms with Crippen LogP contribution in [0.25, 0.3) is 0 Å². The van der Waals surface area contributed by atoms with Crippen molar-refractivity contribution in [1.29, 1.82) is 0 Å². The lowest BCUT2D eigenvalue weighted by atomic mass is 10.1. The van der Waals surface area contributed by atoms with E-state index in [1.165, 1.54) is 19.4 Å². The summed E-state index contributed by atoms with van der Waals surface area (Å²) in [6.07, 6.45) is 2.65. The minimum absolute atomic E-state index is 0.640. The van der Waals surface area contributed by atoms with Crippen molar-refractivity contribution in [3.63, 3.8) is 0 Å². The quantitative estimate of drug-likeness (QED) is 0.677. The molecule has 14 heavy (non-hydrogen) atoms. The first kappa shape index (κ1) is 10.4. The van der Waals surface area contributed by atoms with Crippen molar-refractivity contribution in [2.75, 3.05) is 33.5 Å². The second-order valence-corrected chi connectivity index (χ2v) is 4.68. The predicted octanol–water partition coefficient (Wildman–Crippen LogP) is 1.13. The monoisotopic (exact) mass is 199 g/mol. The number of nitrogens with zero attached hydrogens (tertiary/aromatic N) is 1. The van der Waals surface area contributed by atoms with Gasteiger partial charge in [0.2, 0.25) is 0 Å². The maximum atomic E-state index is 5.56. The van der Waals surface area contributed by atoms with Crippen molar-refractivity contribution in [3.05, 3.63) is 0 Å². The molecule has 2 aliphatic rings. The Morgan fingerprint density at radius 1 is 1.36 bits per heavy atom. The Morgan fingerprint density at radius 2 is 2.00 bits per heavy atom. The van der Waals surface area contributed by atoms with Gasteiger partial charge in [0.05, 0.1) is 13.2 Å². The third kappa shape index (κ3) is 2.10. The Labute approximate surface area is 86.4 Å². The molecule has 2 bridgehead atoms. The lowest BCUT2D eigenvalue weighted by Gasteiger charge is -2.36. The molecule has 2 fully saturated rings. The summed E-state index contributed by atoms with van der Waals surface area (Å²) in [4.78, 5) is 2.63. The van der Waals surface area contributed by atoms with E-state index in [4.69, 9.17) is 9.47 Å². The topological polar surface area (TPSA) is 21.7 Å². The highest BCUT2D eigenvalue weighted by atomic mass is 16.5. The van der Waals surface area contributed by atoms with Gasteiger partial charge in [-0.1, -0.05) is 6.92 Å². The molecule has 0 saturated carbocycles. The third-order valence-electron chi connectivity index (χ3n) is 3.37. The molecule has 0 spiro atoms. The van der Waals surface area contributed by atoms with E-state index in [0.717, 1.165) is 19.8 Å². The Morgan fingerprint density at radius 3 is 2.57 bits per heavy atom. The summed E-state index contributed by atoms with van der Waals surface area (Å²) in [6.45, 7) is 6.19. The van der Waals surface area contributed by atoms with Crippen LogP contribution in [-0.4, -0.2) is 50.5 Å². The largest absolute Gasteiger partial charge is 0.384 e. The normalized spacial score (nSPS) is 34.7. The average molecular weight is 199 g/mol. The van der Waals surface area contributed by atoms with Crippen LogP contribution >= 0.6 is 0 Å². The highest BCUT2D eigenvalue weighted by molar-refractivity contribution is 4.91. The summed E-state index contributed by atoms with van der Waals surface area (Å²) in [7, 11) is 1.78. The lowest BCUT2D eigenvalue weighted by molar-refractivity contribution is -0.0250. The summed E-state index contributed by atoms with van der Waals surface area (Å²) in [5.74, 6) is 0.640. The number of hydrogen-bond acceptors (Lipinski definition) is 3. The van der Waals surface area contributed by atoms with Crippen molar-refractivity contribution in [3.8, 4) is 0 Å². The second-order valence-electron chi connectivity index (χ2n) is 4.68. The van der Waals surface area contributed by atoms with Gasteiger partial charge in [0.15, 0.2) is 0 Å². The van der Waals surface area contributed by atoms with E-state index < -0.39 is 0 Å². The molecular weight excluding hydrogens is 178 g/mol. The molecule has 0 amide bonds. The molecule has 0 radical (unpaired) electrons. The van der Waals surface area contributed by atoms with Crippen LogP contribution in [0.4, 0.5) is 0 Å². The van der Waals surface area contributed by atoms with E-state index >= 15 is 0 Å². The van der Waals surface area contributed by atoms with Crippen LogP contribution in [0.5, 0.6) is 0 Å². The fraction of sp³-hybridized carbons (Fsp3) is 1.00. The molecule has 2 heterocycles. The van der Waals surface area contributed by atoms with Crippen molar-refractivity contribution in [2.45, 2.75) is 31.8 Å². The number of ether oxygens (including phenoxy) is 2. The van der Waals surface area contributed by atoms with Gasteiger partial charge in [0.25, 0.3) is 0 Å². The molecule has 3 unspecified atom stereocenters. The van der Waals surface area contributed by atoms with Crippen LogP contribution in [0, 0.1) is 5.92 Å². The van der Waals surface area contributed by atoms with Crippen LogP contribution in [0.15, 0.2) is 0 Å². The highest BCUT2D eigenvalue weighted by Gasteiger charge is 2.37. The number of fused-ring (bicyclic) bond motifs is 2. The van der Waals surface area contributed by atoms with Crippen LogP contribution in [0.2, 0.25) is 0 Å². The first-order valence-electron chi connectivity index (χ1n) is 5.63. The van der Waals surface area contributed by atoms with Gasteiger partial charge in [-0.3, -0.25) is 4.90 Å². The van der Waals surface area contributed by atoms with Gasteiger partial charge in [0.1, 0.15) is 0 Å². The molecule has 82 valence electrons. The van der Waals surface area contributed by atoms with E-state index in [0.29, 0.717) is 18.0 Å². The van der Waals surface area contributed by atoms with Gasteiger partial charge < -0.3 is 9.47 Å². The number of rotatable bonds is 4. The molecule has 3 nitrogen and oxygen atoms in total. The van der Waals surface area contributed by atoms with Crippen molar-refractivity contribution in [2.24, 2.45) is 5.92 Å². The molecule has 3 atom stereocenters. The fourth-order valence-electron chi connectivity index (χ4n) is 2.71. The van der Waals surface area contributed by atoms with Gasteiger partial charge >= 0.3 is 0 Å². The van der Waals surface area contributed by atoms with Gasteiger partial charge in [-0.2, -0.15) is 0 Å². The Kier molecular flexibility index (Phi) is 3.42. The second kappa shape index (κ2) is 4.60. The van der Waals surface area contributed by atoms with E-state index in [-0.39, 0.29) is 0 Å². The zero-order valence-electron chi connectivity index (χ0n) is 9.24. The van der Waals surface area contributed by atoms with E-state index in [1.807, 2.05) is 0 Å². The molecule has 2 saturated heterocycles. The predicted molar refractivity (Wildman–Crippen MR) is 55.4 cm³/mol. The Bertz CT molecular complexity index is 170. The average Bonchev–Trinajstić information content (AvgIpc) is 2.41. The van der Waals surface area contributed by atoms with Crippen molar-refractivity contribution < 1.29 is 9.47 Å². The molecule has 0 aliphatic carbocycles. The van der Waals surface area contributed by atoms with Crippen LogP contribution < -0.4 is 0 Å². The maximum absolute atomic E-state index is 5.56. The first-order chi connectivity index (χ1) is 6.81. The SMILES string of the molecule is COCC(C)CN1C2CCC1COC2. The minimum atomic E-state index is 0.640. The Hall–Kier alpha value is -0.120. The molecule has 0 aromatic carbocycles. The molecule has 0 N–H and O–H groups in total. The lowest BCUT2D eigenvalue weighted by Crippen LogP contribution is -2.47. The number of hydrogen-bond donors (Lipinski definition) is 0. The van der Waals surface area contributed by atoms with Crippen LogP contribution in [0.1, 0.15) is 19.8 Å². The zero-order chi connectivity index (χ0) is 9.97. The third-order valence-corrected chi connectivity index (χ3v) is 3.37. The summed E-state index contributed by atoms with van der Waals surface area (Å²) in [6, 6.07) is 1.38.